The summed E-state index contributed by atoms with van der Waals surface area (Å²) in [4.78, 5) is 2.32. The summed E-state index contributed by atoms with van der Waals surface area (Å²) in [6.07, 6.45) is 2.08. The topological polar surface area (TPSA) is 32.7 Å². The van der Waals surface area contributed by atoms with Gasteiger partial charge in [-0.2, -0.15) is 0 Å². The van der Waals surface area contributed by atoms with Crippen molar-refractivity contribution in [2.75, 3.05) is 32.8 Å². The smallest absolute Gasteiger partial charge is 0.0900 e. The van der Waals surface area contributed by atoms with E-state index >= 15 is 0 Å². The van der Waals surface area contributed by atoms with E-state index in [1.165, 1.54) is 12.8 Å². The molecule has 0 radical (unpaired) electrons. The van der Waals surface area contributed by atoms with Gasteiger partial charge in [-0.05, 0) is 19.4 Å². The Labute approximate surface area is 101 Å². The summed E-state index contributed by atoms with van der Waals surface area (Å²) in [5.74, 6) is 0.749. The van der Waals surface area contributed by atoms with E-state index in [4.69, 9.17) is 4.74 Å². The molecule has 0 amide bonds. The molecule has 0 aliphatic rings. The molecule has 1 unspecified atom stereocenters. The normalized spacial score (nSPS) is 13.7. The summed E-state index contributed by atoms with van der Waals surface area (Å²) in [6.45, 7) is 12.5. The van der Waals surface area contributed by atoms with Gasteiger partial charge in [0, 0.05) is 19.7 Å². The fraction of sp³-hybridized carbons (Fsp3) is 1.00. The molecular formula is C13H29NO2. The molecule has 1 N–H and O–H groups in total. The van der Waals surface area contributed by atoms with E-state index < -0.39 is 0 Å². The van der Waals surface area contributed by atoms with Gasteiger partial charge in [-0.3, -0.25) is 0 Å². The zero-order valence-electron chi connectivity index (χ0n) is 11.4. The van der Waals surface area contributed by atoms with Crippen LogP contribution in [0, 0.1) is 5.92 Å². The Morgan fingerprint density at radius 2 is 1.69 bits per heavy atom. The van der Waals surface area contributed by atoms with Crippen LogP contribution in [0.4, 0.5) is 0 Å². The molecule has 3 heteroatoms. The van der Waals surface area contributed by atoms with Gasteiger partial charge >= 0.3 is 0 Å². The van der Waals surface area contributed by atoms with Gasteiger partial charge in [-0.15, -0.1) is 0 Å². The number of nitrogens with zero attached hydrogens (tertiary/aromatic N) is 1. The molecule has 1 atom stereocenters. The number of likely N-dealkylation sites (N-methyl/N-ethyl adjacent to an activating group) is 1. The molecule has 98 valence electrons. The van der Waals surface area contributed by atoms with Gasteiger partial charge in [0.2, 0.25) is 0 Å². The Morgan fingerprint density at radius 3 is 2.12 bits per heavy atom. The monoisotopic (exact) mass is 231 g/mol. The summed E-state index contributed by atoms with van der Waals surface area (Å²) < 4.78 is 5.22. The lowest BCUT2D eigenvalue weighted by Crippen LogP contribution is -2.37. The molecule has 0 fully saturated rings. The molecule has 0 spiro atoms. The minimum atomic E-state index is -0.353. The molecule has 0 rings (SSSR count). The first-order chi connectivity index (χ1) is 7.67. The van der Waals surface area contributed by atoms with Crippen LogP contribution >= 0.6 is 0 Å². The summed E-state index contributed by atoms with van der Waals surface area (Å²) in [7, 11) is 0. The van der Waals surface area contributed by atoms with E-state index in [1.54, 1.807) is 0 Å². The third kappa shape index (κ3) is 7.20. The van der Waals surface area contributed by atoms with Crippen molar-refractivity contribution in [1.29, 1.82) is 0 Å². The number of hydrogen-bond acceptors (Lipinski definition) is 3. The van der Waals surface area contributed by atoms with Crippen LogP contribution in [-0.4, -0.2) is 49.0 Å². The van der Waals surface area contributed by atoms with Crippen molar-refractivity contribution in [1.82, 2.24) is 4.90 Å². The van der Waals surface area contributed by atoms with Crippen LogP contribution in [0.15, 0.2) is 0 Å². The van der Waals surface area contributed by atoms with Gasteiger partial charge in [-0.1, -0.05) is 33.6 Å². The summed E-state index contributed by atoms with van der Waals surface area (Å²) in [5, 5.41) is 9.77. The van der Waals surface area contributed by atoms with Crippen LogP contribution in [0.1, 0.15) is 40.5 Å². The first-order valence-corrected chi connectivity index (χ1v) is 6.65. The highest BCUT2D eigenvalue weighted by Crippen LogP contribution is 2.10. The van der Waals surface area contributed by atoms with Gasteiger partial charge in [0.1, 0.15) is 0 Å². The highest BCUT2D eigenvalue weighted by atomic mass is 16.5. The zero-order valence-corrected chi connectivity index (χ0v) is 11.4. The maximum absolute atomic E-state index is 9.77. The van der Waals surface area contributed by atoms with Crippen molar-refractivity contribution in [3.63, 3.8) is 0 Å². The standard InChI is InChI=1S/C13H29NO2/c1-5-12(6-2)9-14(7-3)10-13(15)11-16-8-4/h12-13,15H,5-11H2,1-4H3. The van der Waals surface area contributed by atoms with E-state index in [0.717, 1.165) is 25.6 Å². The highest BCUT2D eigenvalue weighted by Gasteiger charge is 2.13. The SMILES string of the molecule is CCOCC(O)CN(CC)CC(CC)CC. The fourth-order valence-corrected chi connectivity index (χ4v) is 1.85. The zero-order chi connectivity index (χ0) is 12.4. The van der Waals surface area contributed by atoms with Gasteiger partial charge in [0.05, 0.1) is 12.7 Å². The van der Waals surface area contributed by atoms with Crippen molar-refractivity contribution in [3.05, 3.63) is 0 Å². The van der Waals surface area contributed by atoms with Crippen molar-refractivity contribution in [2.45, 2.75) is 46.6 Å². The van der Waals surface area contributed by atoms with Crippen LogP contribution in [0.25, 0.3) is 0 Å². The van der Waals surface area contributed by atoms with Gasteiger partial charge in [0.25, 0.3) is 0 Å². The number of aliphatic hydroxyl groups is 1. The first-order valence-electron chi connectivity index (χ1n) is 6.65. The van der Waals surface area contributed by atoms with Crippen LogP contribution in [0.5, 0.6) is 0 Å². The van der Waals surface area contributed by atoms with Crippen molar-refractivity contribution < 1.29 is 9.84 Å². The predicted octanol–water partition coefficient (Wildman–Crippen LogP) is 2.14. The van der Waals surface area contributed by atoms with Crippen LogP contribution in [-0.2, 0) is 4.74 Å². The Kier molecular flexibility index (Phi) is 9.99. The van der Waals surface area contributed by atoms with Crippen LogP contribution in [0.2, 0.25) is 0 Å². The molecule has 0 aliphatic heterocycles. The summed E-state index contributed by atoms with van der Waals surface area (Å²) >= 11 is 0. The predicted molar refractivity (Wildman–Crippen MR) is 68.7 cm³/mol. The van der Waals surface area contributed by atoms with Crippen molar-refractivity contribution in [2.24, 2.45) is 5.92 Å². The second-order valence-corrected chi connectivity index (χ2v) is 4.35. The molecule has 0 aromatic heterocycles. The van der Waals surface area contributed by atoms with E-state index in [-0.39, 0.29) is 6.10 Å². The van der Waals surface area contributed by atoms with Crippen molar-refractivity contribution >= 4 is 0 Å². The number of rotatable bonds is 10. The molecule has 0 aromatic carbocycles. The average molecular weight is 231 g/mol. The molecule has 16 heavy (non-hydrogen) atoms. The van der Waals surface area contributed by atoms with E-state index in [1.807, 2.05) is 6.92 Å². The number of aliphatic hydroxyl groups excluding tert-OH is 1. The lowest BCUT2D eigenvalue weighted by atomic mass is 10.0. The molecule has 0 saturated carbocycles. The molecule has 0 bridgehead atoms. The Balaban J connectivity index is 3.88. The largest absolute Gasteiger partial charge is 0.389 e. The second kappa shape index (κ2) is 10.1. The third-order valence-corrected chi connectivity index (χ3v) is 3.10. The van der Waals surface area contributed by atoms with Gasteiger partial charge < -0.3 is 14.7 Å². The fourth-order valence-electron chi connectivity index (χ4n) is 1.85. The molecule has 0 aromatic rings. The Morgan fingerprint density at radius 1 is 1.06 bits per heavy atom. The van der Waals surface area contributed by atoms with Crippen molar-refractivity contribution in [3.8, 4) is 0 Å². The summed E-state index contributed by atoms with van der Waals surface area (Å²) in [5.41, 5.74) is 0. The molecule has 0 heterocycles. The first kappa shape index (κ1) is 15.9. The minimum absolute atomic E-state index is 0.353. The maximum Gasteiger partial charge on any atom is 0.0900 e. The minimum Gasteiger partial charge on any atom is -0.389 e. The van der Waals surface area contributed by atoms with Crippen LogP contribution < -0.4 is 0 Å². The second-order valence-electron chi connectivity index (χ2n) is 4.35. The Hall–Kier alpha value is -0.120. The van der Waals surface area contributed by atoms with Gasteiger partial charge in [-0.25, -0.2) is 0 Å². The van der Waals surface area contributed by atoms with Crippen LogP contribution in [0.3, 0.4) is 0 Å². The summed E-state index contributed by atoms with van der Waals surface area (Å²) in [6, 6.07) is 0. The molecule has 3 nitrogen and oxygen atoms in total. The molecular weight excluding hydrogens is 202 g/mol. The number of ether oxygens (including phenoxy) is 1. The molecule has 0 saturated heterocycles. The van der Waals surface area contributed by atoms with E-state index in [0.29, 0.717) is 13.2 Å². The van der Waals surface area contributed by atoms with E-state index in [2.05, 4.69) is 25.7 Å². The van der Waals surface area contributed by atoms with Gasteiger partial charge in [0.15, 0.2) is 0 Å². The Bertz CT molecular complexity index is 149. The lowest BCUT2D eigenvalue weighted by molar-refractivity contribution is 0.0191. The number of hydrogen-bond donors (Lipinski definition) is 1. The average Bonchev–Trinajstić information content (AvgIpc) is 2.31. The third-order valence-electron chi connectivity index (χ3n) is 3.10. The quantitative estimate of drug-likeness (QED) is 0.625. The lowest BCUT2D eigenvalue weighted by Gasteiger charge is -2.27. The maximum atomic E-state index is 9.77. The molecule has 0 aliphatic carbocycles. The van der Waals surface area contributed by atoms with E-state index in [9.17, 15) is 5.11 Å². The highest BCUT2D eigenvalue weighted by molar-refractivity contribution is 4.67.